The first-order valence-corrected chi connectivity index (χ1v) is 7.57. The Kier molecular flexibility index (Phi) is 6.56. The summed E-state index contributed by atoms with van der Waals surface area (Å²) < 4.78 is 0. The SMILES string of the molecule is CCNc1ccc(C(=O)N(CC(C)C)CC(C)C)cc1. The maximum absolute atomic E-state index is 12.6. The summed E-state index contributed by atoms with van der Waals surface area (Å²) in [5, 5.41) is 3.24. The van der Waals surface area contributed by atoms with Crippen LogP contribution in [0.5, 0.6) is 0 Å². The van der Waals surface area contributed by atoms with E-state index < -0.39 is 0 Å². The highest BCUT2D eigenvalue weighted by molar-refractivity contribution is 5.94. The fraction of sp³-hybridized carbons (Fsp3) is 0.588. The van der Waals surface area contributed by atoms with Gasteiger partial charge in [-0.15, -0.1) is 0 Å². The molecule has 0 unspecified atom stereocenters. The third kappa shape index (κ3) is 5.24. The van der Waals surface area contributed by atoms with E-state index in [0.29, 0.717) is 11.8 Å². The average molecular weight is 276 g/mol. The molecule has 0 atom stereocenters. The van der Waals surface area contributed by atoms with E-state index in [1.54, 1.807) is 0 Å². The molecule has 0 aliphatic rings. The molecule has 0 spiro atoms. The molecule has 1 rings (SSSR count). The summed E-state index contributed by atoms with van der Waals surface area (Å²) >= 11 is 0. The van der Waals surface area contributed by atoms with E-state index >= 15 is 0 Å². The Labute approximate surface area is 123 Å². The van der Waals surface area contributed by atoms with Gasteiger partial charge in [0.25, 0.3) is 5.91 Å². The third-order valence-corrected chi connectivity index (χ3v) is 2.97. The van der Waals surface area contributed by atoms with E-state index in [1.165, 1.54) is 0 Å². The van der Waals surface area contributed by atoms with Crippen LogP contribution in [0.3, 0.4) is 0 Å². The van der Waals surface area contributed by atoms with Crippen LogP contribution < -0.4 is 5.32 Å². The van der Waals surface area contributed by atoms with Gasteiger partial charge in [0, 0.05) is 30.9 Å². The molecule has 1 aromatic carbocycles. The Morgan fingerprint density at radius 2 is 1.55 bits per heavy atom. The molecule has 3 heteroatoms. The molecular formula is C17H28N2O. The monoisotopic (exact) mass is 276 g/mol. The van der Waals surface area contributed by atoms with Crippen molar-refractivity contribution in [3.05, 3.63) is 29.8 Å². The lowest BCUT2D eigenvalue weighted by molar-refractivity contribution is 0.0715. The summed E-state index contributed by atoms with van der Waals surface area (Å²) in [6.07, 6.45) is 0. The fourth-order valence-electron chi connectivity index (χ4n) is 2.24. The highest BCUT2D eigenvalue weighted by Gasteiger charge is 2.17. The minimum absolute atomic E-state index is 0.135. The molecule has 0 aliphatic carbocycles. The van der Waals surface area contributed by atoms with Crippen LogP contribution in [-0.4, -0.2) is 30.4 Å². The van der Waals surface area contributed by atoms with Crippen LogP contribution in [0.1, 0.15) is 45.0 Å². The normalized spacial score (nSPS) is 10.9. The third-order valence-electron chi connectivity index (χ3n) is 2.97. The van der Waals surface area contributed by atoms with Crippen molar-refractivity contribution in [2.45, 2.75) is 34.6 Å². The zero-order valence-electron chi connectivity index (χ0n) is 13.4. The van der Waals surface area contributed by atoms with Gasteiger partial charge in [-0.05, 0) is 43.0 Å². The highest BCUT2D eigenvalue weighted by Crippen LogP contribution is 2.14. The number of carbonyl (C=O) groups is 1. The number of hydrogen-bond donors (Lipinski definition) is 1. The average Bonchev–Trinajstić information content (AvgIpc) is 2.37. The van der Waals surface area contributed by atoms with Crippen molar-refractivity contribution in [2.24, 2.45) is 11.8 Å². The fourth-order valence-corrected chi connectivity index (χ4v) is 2.24. The van der Waals surface area contributed by atoms with Crippen LogP contribution in [0.25, 0.3) is 0 Å². The smallest absolute Gasteiger partial charge is 0.253 e. The van der Waals surface area contributed by atoms with Gasteiger partial charge < -0.3 is 10.2 Å². The van der Waals surface area contributed by atoms with Gasteiger partial charge in [-0.1, -0.05) is 27.7 Å². The lowest BCUT2D eigenvalue weighted by atomic mass is 10.1. The van der Waals surface area contributed by atoms with Crippen LogP contribution in [-0.2, 0) is 0 Å². The van der Waals surface area contributed by atoms with Gasteiger partial charge in [0.15, 0.2) is 0 Å². The molecule has 1 N–H and O–H groups in total. The van der Waals surface area contributed by atoms with E-state index in [4.69, 9.17) is 0 Å². The Balaban J connectivity index is 2.82. The van der Waals surface area contributed by atoms with E-state index in [-0.39, 0.29) is 5.91 Å². The van der Waals surface area contributed by atoms with Gasteiger partial charge in [0.05, 0.1) is 0 Å². The first kappa shape index (κ1) is 16.5. The highest BCUT2D eigenvalue weighted by atomic mass is 16.2. The Morgan fingerprint density at radius 3 is 1.95 bits per heavy atom. The van der Waals surface area contributed by atoms with Crippen molar-refractivity contribution in [3.63, 3.8) is 0 Å². The first-order valence-electron chi connectivity index (χ1n) is 7.57. The molecule has 0 saturated carbocycles. The number of rotatable bonds is 7. The number of benzene rings is 1. The summed E-state index contributed by atoms with van der Waals surface area (Å²) in [6, 6.07) is 7.77. The Morgan fingerprint density at radius 1 is 1.05 bits per heavy atom. The minimum Gasteiger partial charge on any atom is -0.385 e. The van der Waals surface area contributed by atoms with Crippen LogP contribution in [0.2, 0.25) is 0 Å². The standard InChI is InChI=1S/C17H28N2O/c1-6-18-16-9-7-15(8-10-16)17(20)19(11-13(2)3)12-14(4)5/h7-10,13-14,18H,6,11-12H2,1-5H3. The van der Waals surface area contributed by atoms with Crippen molar-refractivity contribution in [3.8, 4) is 0 Å². The van der Waals surface area contributed by atoms with Crippen molar-refractivity contribution in [2.75, 3.05) is 25.0 Å². The summed E-state index contributed by atoms with van der Waals surface area (Å²) in [6.45, 7) is 13.2. The number of nitrogens with zero attached hydrogens (tertiary/aromatic N) is 1. The lowest BCUT2D eigenvalue weighted by Crippen LogP contribution is -2.37. The van der Waals surface area contributed by atoms with Gasteiger partial charge in [0.1, 0.15) is 0 Å². The van der Waals surface area contributed by atoms with Crippen LogP contribution in [0.15, 0.2) is 24.3 Å². The predicted octanol–water partition coefficient (Wildman–Crippen LogP) is 3.87. The molecule has 0 radical (unpaired) electrons. The van der Waals surface area contributed by atoms with E-state index in [2.05, 4.69) is 39.9 Å². The van der Waals surface area contributed by atoms with Gasteiger partial charge in [0.2, 0.25) is 0 Å². The number of anilines is 1. The quantitative estimate of drug-likeness (QED) is 0.820. The largest absolute Gasteiger partial charge is 0.385 e. The van der Waals surface area contributed by atoms with E-state index in [0.717, 1.165) is 30.9 Å². The molecule has 0 heterocycles. The number of amides is 1. The number of hydrogen-bond acceptors (Lipinski definition) is 2. The second-order valence-electron chi connectivity index (χ2n) is 6.11. The van der Waals surface area contributed by atoms with Gasteiger partial charge in [-0.25, -0.2) is 0 Å². The predicted molar refractivity (Wildman–Crippen MR) is 86.2 cm³/mol. The van der Waals surface area contributed by atoms with Crippen molar-refractivity contribution in [1.82, 2.24) is 4.90 Å². The molecule has 0 aromatic heterocycles. The number of carbonyl (C=O) groups excluding carboxylic acids is 1. The van der Waals surface area contributed by atoms with Gasteiger partial charge in [-0.3, -0.25) is 4.79 Å². The first-order chi connectivity index (χ1) is 9.43. The summed E-state index contributed by atoms with van der Waals surface area (Å²) in [4.78, 5) is 14.6. The Bertz CT molecular complexity index is 400. The maximum atomic E-state index is 12.6. The molecule has 1 aromatic rings. The van der Waals surface area contributed by atoms with Crippen molar-refractivity contribution in [1.29, 1.82) is 0 Å². The molecule has 112 valence electrons. The van der Waals surface area contributed by atoms with Crippen LogP contribution in [0.4, 0.5) is 5.69 Å². The second-order valence-corrected chi connectivity index (χ2v) is 6.11. The molecule has 0 fully saturated rings. The molecule has 1 amide bonds. The van der Waals surface area contributed by atoms with Crippen LogP contribution in [0, 0.1) is 11.8 Å². The van der Waals surface area contributed by atoms with E-state index in [9.17, 15) is 4.79 Å². The molecule has 20 heavy (non-hydrogen) atoms. The summed E-state index contributed by atoms with van der Waals surface area (Å²) in [5.74, 6) is 1.10. The maximum Gasteiger partial charge on any atom is 0.253 e. The van der Waals surface area contributed by atoms with Crippen molar-refractivity contribution < 1.29 is 4.79 Å². The topological polar surface area (TPSA) is 32.3 Å². The molecular weight excluding hydrogens is 248 g/mol. The number of nitrogens with one attached hydrogen (secondary N) is 1. The summed E-state index contributed by atoms with van der Waals surface area (Å²) in [5.41, 5.74) is 1.83. The van der Waals surface area contributed by atoms with Crippen molar-refractivity contribution >= 4 is 11.6 Å². The lowest BCUT2D eigenvalue weighted by Gasteiger charge is -2.26. The zero-order valence-corrected chi connectivity index (χ0v) is 13.4. The second kappa shape index (κ2) is 7.93. The minimum atomic E-state index is 0.135. The summed E-state index contributed by atoms with van der Waals surface area (Å²) in [7, 11) is 0. The molecule has 3 nitrogen and oxygen atoms in total. The molecule has 0 aliphatic heterocycles. The van der Waals surface area contributed by atoms with Gasteiger partial charge in [-0.2, -0.15) is 0 Å². The van der Waals surface area contributed by atoms with E-state index in [1.807, 2.05) is 29.2 Å². The molecule has 0 bridgehead atoms. The molecule has 0 saturated heterocycles. The van der Waals surface area contributed by atoms with Crippen LogP contribution >= 0.6 is 0 Å². The van der Waals surface area contributed by atoms with Gasteiger partial charge >= 0.3 is 0 Å². The Hall–Kier alpha value is -1.51. The zero-order chi connectivity index (χ0) is 15.1.